The fourth-order valence-corrected chi connectivity index (χ4v) is 2.21. The molecule has 1 aliphatic rings. The van der Waals surface area contributed by atoms with Crippen LogP contribution in [0.2, 0.25) is 0 Å². The molecule has 21 heavy (non-hydrogen) atoms. The number of rotatable bonds is 8. The third-order valence-electron chi connectivity index (χ3n) is 3.50. The van der Waals surface area contributed by atoms with E-state index in [0.717, 1.165) is 0 Å². The molecule has 1 aliphatic heterocycles. The van der Waals surface area contributed by atoms with Crippen molar-refractivity contribution in [1.29, 1.82) is 0 Å². The molecule has 0 radical (unpaired) electrons. The first kappa shape index (κ1) is 18.2. The largest absolute Gasteiger partial charge is 0.480 e. The topological polar surface area (TPSA) is 166 Å². The lowest BCUT2D eigenvalue weighted by Crippen LogP contribution is -2.64. The Kier molecular flexibility index (Phi) is 7.46. The molecular formula is C12H24N2O7. The van der Waals surface area contributed by atoms with Crippen molar-refractivity contribution in [2.75, 3.05) is 13.2 Å². The van der Waals surface area contributed by atoms with E-state index in [1.165, 1.54) is 0 Å². The standard InChI is InChI=1S/C12H24N2O7/c13-4-2-1-3-6(12(19)20)14-11-10(18)9(17)8(16)7(5-15)21-11/h6-11,14-18H,1-5,13H2,(H,19,20)/t6-,7+,8+,9-,10+,11?/m0/s1. The molecular weight excluding hydrogens is 284 g/mol. The summed E-state index contributed by atoms with van der Waals surface area (Å²) < 4.78 is 5.21. The molecule has 6 atom stereocenters. The molecule has 1 fully saturated rings. The van der Waals surface area contributed by atoms with E-state index in [1.54, 1.807) is 0 Å². The van der Waals surface area contributed by atoms with Gasteiger partial charge in [-0.25, -0.2) is 0 Å². The van der Waals surface area contributed by atoms with Crippen molar-refractivity contribution in [3.63, 3.8) is 0 Å². The molecule has 0 bridgehead atoms. The molecule has 1 heterocycles. The molecule has 0 aromatic carbocycles. The molecule has 0 aliphatic carbocycles. The Hall–Kier alpha value is -0.810. The summed E-state index contributed by atoms with van der Waals surface area (Å²) in [6.45, 7) is -0.111. The molecule has 0 saturated carbocycles. The molecule has 9 heteroatoms. The van der Waals surface area contributed by atoms with E-state index < -0.39 is 49.3 Å². The van der Waals surface area contributed by atoms with Crippen LogP contribution in [0.25, 0.3) is 0 Å². The summed E-state index contributed by atoms with van der Waals surface area (Å²) in [5.74, 6) is -1.12. The smallest absolute Gasteiger partial charge is 0.320 e. The quantitative estimate of drug-likeness (QED) is 0.231. The first-order valence-electron chi connectivity index (χ1n) is 6.91. The predicted octanol–water partition coefficient (Wildman–Crippen LogP) is -3.04. The lowest BCUT2D eigenvalue weighted by atomic mass is 9.97. The normalized spacial score (nSPS) is 34.6. The predicted molar refractivity (Wildman–Crippen MR) is 71.2 cm³/mol. The van der Waals surface area contributed by atoms with Gasteiger partial charge in [0.2, 0.25) is 0 Å². The molecule has 0 aromatic heterocycles. The third-order valence-corrected chi connectivity index (χ3v) is 3.50. The minimum Gasteiger partial charge on any atom is -0.480 e. The first-order chi connectivity index (χ1) is 9.92. The van der Waals surface area contributed by atoms with Gasteiger partial charge in [-0.15, -0.1) is 0 Å². The van der Waals surface area contributed by atoms with Gasteiger partial charge in [0.05, 0.1) is 6.61 Å². The van der Waals surface area contributed by atoms with Gasteiger partial charge in [0.15, 0.2) is 0 Å². The van der Waals surface area contributed by atoms with E-state index >= 15 is 0 Å². The summed E-state index contributed by atoms with van der Waals surface area (Å²) in [5, 5.41) is 49.9. The average molecular weight is 308 g/mol. The maximum absolute atomic E-state index is 11.2. The van der Waals surface area contributed by atoms with Crippen LogP contribution in [0, 0.1) is 0 Å². The molecule has 124 valence electrons. The van der Waals surface area contributed by atoms with Gasteiger partial charge in [0.25, 0.3) is 0 Å². The second-order valence-electron chi connectivity index (χ2n) is 5.09. The Bertz CT molecular complexity index is 329. The Morgan fingerprint density at radius 2 is 1.86 bits per heavy atom. The van der Waals surface area contributed by atoms with Gasteiger partial charge < -0.3 is 36.0 Å². The summed E-state index contributed by atoms with van der Waals surface area (Å²) in [7, 11) is 0. The lowest BCUT2D eigenvalue weighted by molar-refractivity contribution is -0.238. The fraction of sp³-hybridized carbons (Fsp3) is 0.917. The van der Waals surface area contributed by atoms with Crippen LogP contribution < -0.4 is 11.1 Å². The first-order valence-corrected chi connectivity index (χ1v) is 6.91. The molecule has 1 saturated heterocycles. The van der Waals surface area contributed by atoms with Gasteiger partial charge in [-0.05, 0) is 19.4 Å². The minimum absolute atomic E-state index is 0.279. The monoisotopic (exact) mass is 308 g/mol. The highest BCUT2D eigenvalue weighted by Crippen LogP contribution is 2.20. The maximum Gasteiger partial charge on any atom is 0.320 e. The molecule has 0 amide bonds. The number of unbranched alkanes of at least 4 members (excludes halogenated alkanes) is 1. The fourth-order valence-electron chi connectivity index (χ4n) is 2.21. The second-order valence-corrected chi connectivity index (χ2v) is 5.09. The number of aliphatic hydroxyl groups is 4. The Morgan fingerprint density at radius 3 is 2.38 bits per heavy atom. The summed E-state index contributed by atoms with van der Waals surface area (Å²) >= 11 is 0. The van der Waals surface area contributed by atoms with Gasteiger partial charge in [0.1, 0.15) is 36.7 Å². The maximum atomic E-state index is 11.2. The van der Waals surface area contributed by atoms with Gasteiger partial charge in [0, 0.05) is 0 Å². The summed E-state index contributed by atoms with van der Waals surface area (Å²) in [6.07, 6.45) is -5.24. The lowest BCUT2D eigenvalue weighted by Gasteiger charge is -2.41. The van der Waals surface area contributed by atoms with E-state index in [9.17, 15) is 20.1 Å². The third kappa shape index (κ3) is 4.85. The number of aliphatic hydroxyl groups excluding tert-OH is 4. The van der Waals surface area contributed by atoms with Gasteiger partial charge in [-0.1, -0.05) is 6.42 Å². The second kappa shape index (κ2) is 8.59. The number of nitrogens with one attached hydrogen (secondary N) is 1. The average Bonchev–Trinajstić information content (AvgIpc) is 2.46. The van der Waals surface area contributed by atoms with Gasteiger partial charge >= 0.3 is 5.97 Å². The highest BCUT2D eigenvalue weighted by Gasteiger charge is 2.44. The van der Waals surface area contributed by atoms with Crippen molar-refractivity contribution < 1.29 is 35.1 Å². The highest BCUT2D eigenvalue weighted by atomic mass is 16.6. The van der Waals surface area contributed by atoms with Crippen molar-refractivity contribution in [2.45, 2.75) is 55.9 Å². The Morgan fingerprint density at radius 1 is 1.19 bits per heavy atom. The van der Waals surface area contributed by atoms with Crippen molar-refractivity contribution >= 4 is 5.97 Å². The zero-order chi connectivity index (χ0) is 16.0. The molecule has 1 rings (SSSR count). The molecule has 9 nitrogen and oxygen atoms in total. The van der Waals surface area contributed by atoms with Crippen LogP contribution in [0.15, 0.2) is 0 Å². The van der Waals surface area contributed by atoms with Crippen molar-refractivity contribution in [2.24, 2.45) is 5.73 Å². The van der Waals surface area contributed by atoms with E-state index in [2.05, 4.69) is 5.32 Å². The number of carboxylic acid groups (broad SMARTS) is 1. The van der Waals surface area contributed by atoms with E-state index in [-0.39, 0.29) is 6.42 Å². The summed E-state index contributed by atoms with van der Waals surface area (Å²) in [6, 6.07) is -0.988. The van der Waals surface area contributed by atoms with Crippen LogP contribution in [-0.4, -0.2) is 81.3 Å². The van der Waals surface area contributed by atoms with Crippen LogP contribution in [0.3, 0.4) is 0 Å². The molecule has 0 aromatic rings. The van der Waals surface area contributed by atoms with Crippen molar-refractivity contribution in [1.82, 2.24) is 5.32 Å². The number of hydrogen-bond donors (Lipinski definition) is 7. The number of hydrogen-bond acceptors (Lipinski definition) is 8. The van der Waals surface area contributed by atoms with E-state index in [1.807, 2.05) is 0 Å². The Balaban J connectivity index is 2.66. The van der Waals surface area contributed by atoms with Crippen LogP contribution in [0.5, 0.6) is 0 Å². The number of carboxylic acids is 1. The minimum atomic E-state index is -1.54. The summed E-state index contributed by atoms with van der Waals surface area (Å²) in [4.78, 5) is 11.2. The summed E-state index contributed by atoms with van der Waals surface area (Å²) in [5.41, 5.74) is 5.35. The van der Waals surface area contributed by atoms with Crippen molar-refractivity contribution in [3.05, 3.63) is 0 Å². The zero-order valence-electron chi connectivity index (χ0n) is 11.6. The number of ether oxygens (including phenoxy) is 1. The Labute approximate surface area is 122 Å². The zero-order valence-corrected chi connectivity index (χ0v) is 11.6. The number of aliphatic carboxylic acids is 1. The number of carbonyl (C=O) groups is 1. The molecule has 0 spiro atoms. The van der Waals surface area contributed by atoms with E-state index in [4.69, 9.17) is 20.7 Å². The number of nitrogens with two attached hydrogens (primary N) is 1. The molecule has 8 N–H and O–H groups in total. The van der Waals surface area contributed by atoms with Crippen molar-refractivity contribution in [3.8, 4) is 0 Å². The van der Waals surface area contributed by atoms with Crippen LogP contribution in [0.4, 0.5) is 0 Å². The van der Waals surface area contributed by atoms with Gasteiger partial charge in [-0.3, -0.25) is 10.1 Å². The van der Waals surface area contributed by atoms with Crippen LogP contribution >= 0.6 is 0 Å². The van der Waals surface area contributed by atoms with E-state index in [0.29, 0.717) is 19.4 Å². The van der Waals surface area contributed by atoms with Crippen LogP contribution in [0.1, 0.15) is 19.3 Å². The van der Waals surface area contributed by atoms with Crippen LogP contribution in [-0.2, 0) is 9.53 Å². The SMILES string of the molecule is NCCCC[C@H](NC1O[C@H](CO)[C@@H](O)[C@H](O)[C@H]1O)C(=O)O. The van der Waals surface area contributed by atoms with Gasteiger partial charge in [-0.2, -0.15) is 0 Å². The molecule has 1 unspecified atom stereocenters. The highest BCUT2D eigenvalue weighted by molar-refractivity contribution is 5.73.